The largest absolute Gasteiger partial charge is 0.349 e. The van der Waals surface area contributed by atoms with Crippen LogP contribution in [0.25, 0.3) is 0 Å². The Kier molecular flexibility index (Phi) is 5.18. The van der Waals surface area contributed by atoms with E-state index in [0.29, 0.717) is 24.6 Å². The maximum Gasteiger partial charge on any atom is 0.345 e. The van der Waals surface area contributed by atoms with E-state index in [9.17, 15) is 9.59 Å². The standard InChI is InChI=1S/C17H24N4O2S/c1-12(2)5-9-21-17(23)20-8-6-14(3-4-15(20)19-21)18-16(22)13-7-10-24-11-13/h7,10-12,14H,3-6,8-9H2,1-2H3,(H,18,22). The summed E-state index contributed by atoms with van der Waals surface area (Å²) in [6, 6.07) is 1.91. The number of amides is 1. The first kappa shape index (κ1) is 17.0. The van der Waals surface area contributed by atoms with Gasteiger partial charge in [-0.05, 0) is 36.6 Å². The number of nitrogens with one attached hydrogen (secondary N) is 1. The zero-order chi connectivity index (χ0) is 17.1. The highest BCUT2D eigenvalue weighted by atomic mass is 32.1. The number of thiophene rings is 1. The van der Waals surface area contributed by atoms with Crippen molar-refractivity contribution >= 4 is 17.2 Å². The van der Waals surface area contributed by atoms with Crippen molar-refractivity contribution in [3.05, 3.63) is 38.7 Å². The molecular weight excluding hydrogens is 324 g/mol. The van der Waals surface area contributed by atoms with Gasteiger partial charge in [-0.15, -0.1) is 0 Å². The molecule has 0 saturated heterocycles. The molecule has 0 aromatic carbocycles. The van der Waals surface area contributed by atoms with Crippen LogP contribution in [-0.2, 0) is 19.5 Å². The third-order valence-corrected chi connectivity index (χ3v) is 5.14. The average Bonchev–Trinajstić information content (AvgIpc) is 3.12. The van der Waals surface area contributed by atoms with Crippen molar-refractivity contribution in [1.82, 2.24) is 19.7 Å². The van der Waals surface area contributed by atoms with Crippen LogP contribution in [0.4, 0.5) is 0 Å². The van der Waals surface area contributed by atoms with Crippen molar-refractivity contribution in [2.24, 2.45) is 5.92 Å². The number of aromatic nitrogens is 3. The number of hydrogen-bond acceptors (Lipinski definition) is 4. The normalized spacial score (nSPS) is 17.5. The Hall–Kier alpha value is -1.89. The number of hydrogen-bond donors (Lipinski definition) is 1. The van der Waals surface area contributed by atoms with Crippen LogP contribution >= 0.6 is 11.3 Å². The molecule has 0 aliphatic carbocycles. The summed E-state index contributed by atoms with van der Waals surface area (Å²) in [5.41, 5.74) is 0.688. The fraction of sp³-hybridized carbons (Fsp3) is 0.588. The summed E-state index contributed by atoms with van der Waals surface area (Å²) in [5, 5.41) is 11.3. The van der Waals surface area contributed by atoms with E-state index < -0.39 is 0 Å². The van der Waals surface area contributed by atoms with E-state index in [1.54, 1.807) is 9.25 Å². The fourth-order valence-electron chi connectivity index (χ4n) is 2.96. The highest BCUT2D eigenvalue weighted by Gasteiger charge is 2.22. The van der Waals surface area contributed by atoms with E-state index in [2.05, 4.69) is 24.3 Å². The van der Waals surface area contributed by atoms with Gasteiger partial charge in [-0.1, -0.05) is 13.8 Å². The van der Waals surface area contributed by atoms with Crippen molar-refractivity contribution in [2.75, 3.05) is 0 Å². The lowest BCUT2D eigenvalue weighted by Crippen LogP contribution is -2.35. The monoisotopic (exact) mass is 348 g/mol. The Morgan fingerprint density at radius 1 is 1.46 bits per heavy atom. The first-order chi connectivity index (χ1) is 11.5. The summed E-state index contributed by atoms with van der Waals surface area (Å²) in [6.45, 7) is 5.58. The van der Waals surface area contributed by atoms with Gasteiger partial charge < -0.3 is 5.32 Å². The molecule has 6 nitrogen and oxygen atoms in total. The second-order valence-corrected chi connectivity index (χ2v) is 7.55. The third-order valence-electron chi connectivity index (χ3n) is 4.45. The molecule has 24 heavy (non-hydrogen) atoms. The molecule has 3 rings (SSSR count). The Labute approximate surface area is 145 Å². The Balaban J connectivity index is 1.63. The molecule has 1 unspecified atom stereocenters. The van der Waals surface area contributed by atoms with Crippen LogP contribution in [0, 0.1) is 5.92 Å². The number of carbonyl (C=O) groups excluding carboxylic acids is 1. The average molecular weight is 348 g/mol. The van der Waals surface area contributed by atoms with Crippen molar-refractivity contribution in [3.63, 3.8) is 0 Å². The van der Waals surface area contributed by atoms with Crippen molar-refractivity contribution in [3.8, 4) is 0 Å². The summed E-state index contributed by atoms with van der Waals surface area (Å²) in [7, 11) is 0. The van der Waals surface area contributed by atoms with Gasteiger partial charge in [0.05, 0.1) is 0 Å². The molecule has 0 spiro atoms. The van der Waals surface area contributed by atoms with Crippen LogP contribution in [0.1, 0.15) is 49.3 Å². The number of aryl methyl sites for hydroxylation is 2. The summed E-state index contributed by atoms with van der Waals surface area (Å²) in [4.78, 5) is 24.6. The van der Waals surface area contributed by atoms with E-state index in [1.165, 1.54) is 11.3 Å². The Morgan fingerprint density at radius 2 is 2.29 bits per heavy atom. The van der Waals surface area contributed by atoms with Gasteiger partial charge >= 0.3 is 5.69 Å². The maximum atomic E-state index is 12.5. The predicted molar refractivity (Wildman–Crippen MR) is 94.5 cm³/mol. The zero-order valence-electron chi connectivity index (χ0n) is 14.2. The van der Waals surface area contributed by atoms with Gasteiger partial charge in [-0.3, -0.25) is 9.36 Å². The molecule has 130 valence electrons. The van der Waals surface area contributed by atoms with Gasteiger partial charge in [0, 0.05) is 36.5 Å². The SMILES string of the molecule is CC(C)CCn1nc2n(c1=O)CCC(NC(=O)c1ccsc1)CC2. The van der Waals surface area contributed by atoms with Crippen LogP contribution in [-0.4, -0.2) is 26.3 Å². The van der Waals surface area contributed by atoms with E-state index >= 15 is 0 Å². The second kappa shape index (κ2) is 7.34. The van der Waals surface area contributed by atoms with Crippen LogP contribution < -0.4 is 11.0 Å². The van der Waals surface area contributed by atoms with Gasteiger partial charge in [0.1, 0.15) is 5.82 Å². The molecule has 2 aromatic rings. The molecule has 1 aliphatic heterocycles. The molecule has 1 atom stereocenters. The lowest BCUT2D eigenvalue weighted by atomic mass is 10.1. The third kappa shape index (κ3) is 3.77. The molecule has 1 aliphatic rings. The van der Waals surface area contributed by atoms with Crippen molar-refractivity contribution in [1.29, 1.82) is 0 Å². The van der Waals surface area contributed by atoms with E-state index in [1.807, 2.05) is 16.8 Å². The Bertz CT molecular complexity index is 745. The number of rotatable bonds is 5. The minimum Gasteiger partial charge on any atom is -0.349 e. The summed E-state index contributed by atoms with van der Waals surface area (Å²) in [6.07, 6.45) is 3.25. The van der Waals surface area contributed by atoms with E-state index in [0.717, 1.165) is 31.5 Å². The Morgan fingerprint density at radius 3 is 3.00 bits per heavy atom. The zero-order valence-corrected chi connectivity index (χ0v) is 15.0. The van der Waals surface area contributed by atoms with Crippen molar-refractivity contribution in [2.45, 2.75) is 58.7 Å². The van der Waals surface area contributed by atoms with Gasteiger partial charge in [0.25, 0.3) is 5.91 Å². The summed E-state index contributed by atoms with van der Waals surface area (Å²) in [5.74, 6) is 1.36. The van der Waals surface area contributed by atoms with Gasteiger partial charge in [-0.25, -0.2) is 9.48 Å². The molecule has 2 aromatic heterocycles. The van der Waals surface area contributed by atoms with Crippen LogP contribution in [0.3, 0.4) is 0 Å². The molecule has 0 bridgehead atoms. The van der Waals surface area contributed by atoms with Crippen LogP contribution in [0.2, 0.25) is 0 Å². The molecule has 7 heteroatoms. The highest BCUT2D eigenvalue weighted by molar-refractivity contribution is 7.08. The fourth-order valence-corrected chi connectivity index (χ4v) is 3.60. The maximum absolute atomic E-state index is 12.5. The molecule has 0 radical (unpaired) electrons. The van der Waals surface area contributed by atoms with Crippen molar-refractivity contribution < 1.29 is 4.79 Å². The minimum absolute atomic E-state index is 0.0181. The second-order valence-electron chi connectivity index (χ2n) is 6.77. The number of fused-ring (bicyclic) bond motifs is 1. The highest BCUT2D eigenvalue weighted by Crippen LogP contribution is 2.14. The van der Waals surface area contributed by atoms with Crippen LogP contribution in [0.15, 0.2) is 21.6 Å². The minimum atomic E-state index is -0.0323. The molecule has 0 saturated carbocycles. The molecule has 1 N–H and O–H groups in total. The molecule has 3 heterocycles. The van der Waals surface area contributed by atoms with E-state index in [-0.39, 0.29) is 17.6 Å². The lowest BCUT2D eigenvalue weighted by molar-refractivity contribution is 0.0933. The summed E-state index contributed by atoms with van der Waals surface area (Å²) < 4.78 is 3.37. The first-order valence-corrected chi connectivity index (χ1v) is 9.48. The van der Waals surface area contributed by atoms with Gasteiger partial charge in [0.15, 0.2) is 0 Å². The quantitative estimate of drug-likeness (QED) is 0.901. The number of nitrogens with zero attached hydrogens (tertiary/aromatic N) is 3. The van der Waals surface area contributed by atoms with E-state index in [4.69, 9.17) is 0 Å². The molecule has 1 amide bonds. The lowest BCUT2D eigenvalue weighted by Gasteiger charge is -2.15. The topological polar surface area (TPSA) is 68.9 Å². The van der Waals surface area contributed by atoms with Crippen LogP contribution in [0.5, 0.6) is 0 Å². The summed E-state index contributed by atoms with van der Waals surface area (Å²) >= 11 is 1.52. The smallest absolute Gasteiger partial charge is 0.345 e. The first-order valence-electron chi connectivity index (χ1n) is 8.54. The molecule has 0 fully saturated rings. The predicted octanol–water partition coefficient (Wildman–Crippen LogP) is 2.29. The number of carbonyl (C=O) groups is 1. The molecular formula is C17H24N4O2S. The van der Waals surface area contributed by atoms with Gasteiger partial charge in [-0.2, -0.15) is 16.4 Å². The van der Waals surface area contributed by atoms with Gasteiger partial charge in [0.2, 0.25) is 0 Å².